The van der Waals surface area contributed by atoms with Gasteiger partial charge in [-0.25, -0.2) is 9.97 Å². The van der Waals surface area contributed by atoms with Crippen molar-refractivity contribution in [2.24, 2.45) is 0 Å². The second-order valence-electron chi connectivity index (χ2n) is 6.05. The van der Waals surface area contributed by atoms with E-state index in [1.807, 2.05) is 6.92 Å². The van der Waals surface area contributed by atoms with Crippen LogP contribution in [0.4, 0.5) is 0 Å². The van der Waals surface area contributed by atoms with Crippen molar-refractivity contribution in [2.75, 3.05) is 0 Å². The molecule has 0 aliphatic heterocycles. The molecule has 2 nitrogen and oxygen atoms in total. The van der Waals surface area contributed by atoms with Crippen LogP contribution in [0.15, 0.2) is 36.4 Å². The molecule has 0 radical (unpaired) electrons. The third-order valence-electron chi connectivity index (χ3n) is 3.41. The summed E-state index contributed by atoms with van der Waals surface area (Å²) in [4.78, 5) is 9.30. The zero-order valence-corrected chi connectivity index (χ0v) is 11.9. The van der Waals surface area contributed by atoms with Gasteiger partial charge in [0.2, 0.25) is 0 Å². The quantitative estimate of drug-likeness (QED) is 0.553. The predicted octanol–water partition coefficient (Wildman–Crippen LogP) is 4.39. The van der Waals surface area contributed by atoms with Gasteiger partial charge in [0.1, 0.15) is 5.82 Å². The van der Waals surface area contributed by atoms with Crippen LogP contribution < -0.4 is 0 Å². The van der Waals surface area contributed by atoms with Crippen LogP contribution >= 0.6 is 0 Å². The molecule has 0 aliphatic carbocycles. The summed E-state index contributed by atoms with van der Waals surface area (Å²) < 4.78 is 0. The Bertz CT molecular complexity index is 767. The second-order valence-corrected chi connectivity index (χ2v) is 6.05. The molecule has 0 aliphatic rings. The predicted molar refractivity (Wildman–Crippen MR) is 80.5 cm³/mol. The molecule has 0 N–H and O–H groups in total. The number of hydrogen-bond acceptors (Lipinski definition) is 2. The number of benzene rings is 2. The molecule has 0 saturated carbocycles. The van der Waals surface area contributed by atoms with E-state index >= 15 is 0 Å². The first-order valence-corrected chi connectivity index (χ1v) is 6.63. The largest absolute Gasteiger partial charge is 0.237 e. The summed E-state index contributed by atoms with van der Waals surface area (Å²) in [5, 5.41) is 3.68. The molecule has 0 saturated heterocycles. The van der Waals surface area contributed by atoms with Gasteiger partial charge in [-0.05, 0) is 23.8 Å². The Hall–Kier alpha value is -1.96. The van der Waals surface area contributed by atoms with Gasteiger partial charge in [-0.3, -0.25) is 0 Å². The maximum absolute atomic E-state index is 4.71. The summed E-state index contributed by atoms with van der Waals surface area (Å²) in [5.74, 6) is 0.840. The van der Waals surface area contributed by atoms with Crippen molar-refractivity contribution in [2.45, 2.75) is 33.1 Å². The van der Waals surface area contributed by atoms with Crippen molar-refractivity contribution in [3.05, 3.63) is 47.9 Å². The zero-order chi connectivity index (χ0) is 13.6. The van der Waals surface area contributed by atoms with Crippen LogP contribution in [-0.4, -0.2) is 9.97 Å². The summed E-state index contributed by atoms with van der Waals surface area (Å²) in [5.41, 5.74) is 2.18. The molecule has 0 spiro atoms. The van der Waals surface area contributed by atoms with Crippen LogP contribution in [-0.2, 0) is 5.41 Å². The minimum absolute atomic E-state index is 0.00999. The van der Waals surface area contributed by atoms with E-state index in [-0.39, 0.29) is 5.41 Å². The Morgan fingerprint density at radius 2 is 1.63 bits per heavy atom. The van der Waals surface area contributed by atoms with Gasteiger partial charge in [-0.1, -0.05) is 51.1 Å². The molecule has 2 aromatic carbocycles. The Kier molecular flexibility index (Phi) is 2.56. The van der Waals surface area contributed by atoms with E-state index in [1.54, 1.807) is 0 Å². The Morgan fingerprint density at radius 3 is 2.37 bits per heavy atom. The van der Waals surface area contributed by atoms with Gasteiger partial charge in [-0.15, -0.1) is 0 Å². The molecule has 1 aromatic heterocycles. The van der Waals surface area contributed by atoms with Crippen LogP contribution in [0.3, 0.4) is 0 Å². The fourth-order valence-electron chi connectivity index (χ4n) is 2.56. The molecule has 3 rings (SSSR count). The second kappa shape index (κ2) is 4.02. The standard InChI is InChI=1S/C17H18N2/c1-11-18-14-10-9-12-7-5-6-8-13(12)15(14)16(19-11)17(2,3)4/h5-10H,1-4H3. The summed E-state index contributed by atoms with van der Waals surface area (Å²) in [7, 11) is 0. The van der Waals surface area contributed by atoms with Gasteiger partial charge < -0.3 is 0 Å². The van der Waals surface area contributed by atoms with Crippen molar-refractivity contribution in [1.29, 1.82) is 0 Å². The van der Waals surface area contributed by atoms with Gasteiger partial charge in [-0.2, -0.15) is 0 Å². The van der Waals surface area contributed by atoms with Crippen molar-refractivity contribution < 1.29 is 0 Å². The SMILES string of the molecule is Cc1nc(C(C)(C)C)c2c(ccc3ccccc32)n1. The summed E-state index contributed by atoms with van der Waals surface area (Å²) in [6, 6.07) is 12.7. The third kappa shape index (κ3) is 1.97. The maximum atomic E-state index is 4.71. The fraction of sp³-hybridized carbons (Fsp3) is 0.294. The Labute approximate surface area is 113 Å². The number of rotatable bonds is 0. The monoisotopic (exact) mass is 250 g/mol. The lowest BCUT2D eigenvalue weighted by Gasteiger charge is -2.21. The highest BCUT2D eigenvalue weighted by Gasteiger charge is 2.21. The number of aryl methyl sites for hydroxylation is 1. The van der Waals surface area contributed by atoms with Gasteiger partial charge >= 0.3 is 0 Å². The smallest absolute Gasteiger partial charge is 0.126 e. The molecule has 96 valence electrons. The summed E-state index contributed by atoms with van der Waals surface area (Å²) in [6.07, 6.45) is 0. The van der Waals surface area contributed by atoms with Gasteiger partial charge in [0.25, 0.3) is 0 Å². The first kappa shape index (κ1) is 12.1. The van der Waals surface area contributed by atoms with E-state index in [0.717, 1.165) is 17.0 Å². The van der Waals surface area contributed by atoms with E-state index in [4.69, 9.17) is 4.98 Å². The fourth-order valence-corrected chi connectivity index (χ4v) is 2.56. The number of nitrogens with zero attached hydrogens (tertiary/aromatic N) is 2. The molecular weight excluding hydrogens is 232 g/mol. The minimum atomic E-state index is 0.00999. The van der Waals surface area contributed by atoms with Gasteiger partial charge in [0.15, 0.2) is 0 Å². The van der Waals surface area contributed by atoms with Crippen LogP contribution in [0.2, 0.25) is 0 Å². The minimum Gasteiger partial charge on any atom is -0.237 e. The topological polar surface area (TPSA) is 25.8 Å². The average Bonchev–Trinajstić information content (AvgIpc) is 2.36. The van der Waals surface area contributed by atoms with Crippen molar-refractivity contribution in [3.63, 3.8) is 0 Å². The number of hydrogen-bond donors (Lipinski definition) is 0. The van der Waals surface area contributed by atoms with Gasteiger partial charge in [0.05, 0.1) is 11.2 Å². The lowest BCUT2D eigenvalue weighted by molar-refractivity contribution is 0.572. The lowest BCUT2D eigenvalue weighted by atomic mass is 9.87. The van der Waals surface area contributed by atoms with E-state index in [1.165, 1.54) is 16.2 Å². The third-order valence-corrected chi connectivity index (χ3v) is 3.41. The Morgan fingerprint density at radius 1 is 0.895 bits per heavy atom. The van der Waals surface area contributed by atoms with E-state index < -0.39 is 0 Å². The molecule has 2 heteroatoms. The van der Waals surface area contributed by atoms with Crippen LogP contribution in [0.1, 0.15) is 32.3 Å². The highest BCUT2D eigenvalue weighted by molar-refractivity contribution is 6.07. The average molecular weight is 250 g/mol. The molecule has 0 amide bonds. The summed E-state index contributed by atoms with van der Waals surface area (Å²) >= 11 is 0. The van der Waals surface area contributed by atoms with Crippen molar-refractivity contribution >= 4 is 21.7 Å². The highest BCUT2D eigenvalue weighted by Crippen LogP contribution is 2.32. The molecule has 0 atom stereocenters. The van der Waals surface area contributed by atoms with Gasteiger partial charge in [0, 0.05) is 10.8 Å². The maximum Gasteiger partial charge on any atom is 0.126 e. The normalized spacial score (nSPS) is 12.2. The molecular formula is C17H18N2. The van der Waals surface area contributed by atoms with Crippen molar-refractivity contribution in [1.82, 2.24) is 9.97 Å². The first-order chi connectivity index (χ1) is 8.97. The molecule has 0 fully saturated rings. The van der Waals surface area contributed by atoms with Crippen LogP contribution in [0, 0.1) is 6.92 Å². The molecule has 19 heavy (non-hydrogen) atoms. The highest BCUT2D eigenvalue weighted by atomic mass is 14.9. The van der Waals surface area contributed by atoms with E-state index in [2.05, 4.69) is 62.2 Å². The molecule has 0 unspecified atom stereocenters. The number of fused-ring (bicyclic) bond motifs is 3. The number of aromatic nitrogens is 2. The lowest BCUT2D eigenvalue weighted by Crippen LogP contribution is -2.15. The van der Waals surface area contributed by atoms with E-state index in [9.17, 15) is 0 Å². The zero-order valence-electron chi connectivity index (χ0n) is 11.9. The molecule has 1 heterocycles. The van der Waals surface area contributed by atoms with Crippen LogP contribution in [0.5, 0.6) is 0 Å². The Balaban J connectivity index is 2.56. The molecule has 0 bridgehead atoms. The molecule has 3 aromatic rings. The van der Waals surface area contributed by atoms with E-state index in [0.29, 0.717) is 0 Å². The van der Waals surface area contributed by atoms with Crippen molar-refractivity contribution in [3.8, 4) is 0 Å². The van der Waals surface area contributed by atoms with Crippen LogP contribution in [0.25, 0.3) is 21.7 Å². The summed E-state index contributed by atoms with van der Waals surface area (Å²) in [6.45, 7) is 8.58. The first-order valence-electron chi connectivity index (χ1n) is 6.63.